The second-order valence-corrected chi connectivity index (χ2v) is 3.56. The molecule has 2 rings (SSSR count). The predicted octanol–water partition coefficient (Wildman–Crippen LogP) is 3.54. The summed E-state index contributed by atoms with van der Waals surface area (Å²) in [5.41, 5.74) is 0.110. The van der Waals surface area contributed by atoms with E-state index in [9.17, 15) is 13.2 Å². The molecule has 0 unspecified atom stereocenters. The van der Waals surface area contributed by atoms with Crippen molar-refractivity contribution >= 4 is 22.6 Å². The summed E-state index contributed by atoms with van der Waals surface area (Å²) in [4.78, 5) is 6.41. The van der Waals surface area contributed by atoms with Crippen molar-refractivity contribution in [3.8, 4) is 0 Å². The van der Waals surface area contributed by atoms with Gasteiger partial charge in [-0.25, -0.2) is 4.98 Å². The first-order valence-corrected chi connectivity index (χ1v) is 4.48. The van der Waals surface area contributed by atoms with E-state index in [4.69, 9.17) is 11.6 Å². The fourth-order valence-electron chi connectivity index (χ4n) is 1.40. The number of aromatic nitrogens is 2. The molecule has 0 aliphatic rings. The Morgan fingerprint density at radius 3 is 2.67 bits per heavy atom. The largest absolute Gasteiger partial charge is 0.419 e. The summed E-state index contributed by atoms with van der Waals surface area (Å²) in [5.74, 6) is 0. The van der Waals surface area contributed by atoms with Crippen LogP contribution in [0.1, 0.15) is 11.1 Å². The van der Waals surface area contributed by atoms with Gasteiger partial charge in [0.25, 0.3) is 0 Å². The molecule has 0 aliphatic heterocycles. The minimum absolute atomic E-state index is 0.300. The summed E-state index contributed by atoms with van der Waals surface area (Å²) in [6.45, 7) is 1.67. The van der Waals surface area contributed by atoms with E-state index in [1.807, 2.05) is 0 Å². The Hall–Kier alpha value is -1.23. The van der Waals surface area contributed by atoms with E-state index in [0.29, 0.717) is 16.6 Å². The van der Waals surface area contributed by atoms with Crippen molar-refractivity contribution in [1.29, 1.82) is 0 Å². The van der Waals surface area contributed by atoms with Crippen LogP contribution >= 0.6 is 11.6 Å². The lowest BCUT2D eigenvalue weighted by molar-refractivity contribution is -0.137. The van der Waals surface area contributed by atoms with Gasteiger partial charge in [0.1, 0.15) is 5.65 Å². The second kappa shape index (κ2) is 3.13. The Labute approximate surface area is 88.1 Å². The van der Waals surface area contributed by atoms with Gasteiger partial charge in [-0.05, 0) is 12.5 Å². The van der Waals surface area contributed by atoms with Crippen LogP contribution in [-0.4, -0.2) is 9.97 Å². The highest BCUT2D eigenvalue weighted by atomic mass is 35.5. The van der Waals surface area contributed by atoms with Crippen LogP contribution in [0, 0.1) is 6.92 Å². The van der Waals surface area contributed by atoms with Crippen LogP contribution in [-0.2, 0) is 6.18 Å². The van der Waals surface area contributed by atoms with E-state index in [1.165, 1.54) is 0 Å². The zero-order valence-corrected chi connectivity index (χ0v) is 8.37. The van der Waals surface area contributed by atoms with Gasteiger partial charge in [0.05, 0.1) is 10.6 Å². The Kier molecular flexibility index (Phi) is 2.15. The number of H-pyrrole nitrogens is 1. The number of nitrogens with zero attached hydrogens (tertiary/aromatic N) is 1. The maximum Gasteiger partial charge on any atom is 0.419 e. The fraction of sp³-hybridized carbons (Fsp3) is 0.222. The zero-order valence-electron chi connectivity index (χ0n) is 7.61. The van der Waals surface area contributed by atoms with Gasteiger partial charge in [-0.2, -0.15) is 13.2 Å². The van der Waals surface area contributed by atoms with Crippen LogP contribution < -0.4 is 0 Å². The van der Waals surface area contributed by atoms with Gasteiger partial charge in [0, 0.05) is 17.8 Å². The van der Waals surface area contributed by atoms with Crippen molar-refractivity contribution in [2.24, 2.45) is 0 Å². The molecule has 0 amide bonds. The highest BCUT2D eigenvalue weighted by Gasteiger charge is 2.34. The molecule has 0 fully saturated rings. The molecule has 0 radical (unpaired) electrons. The zero-order chi connectivity index (χ0) is 11.2. The van der Waals surface area contributed by atoms with Crippen LogP contribution in [0.3, 0.4) is 0 Å². The van der Waals surface area contributed by atoms with Gasteiger partial charge in [-0.1, -0.05) is 11.6 Å². The van der Waals surface area contributed by atoms with E-state index in [-0.39, 0.29) is 5.02 Å². The van der Waals surface area contributed by atoms with Crippen LogP contribution in [0.15, 0.2) is 12.4 Å². The molecule has 6 heteroatoms. The van der Waals surface area contributed by atoms with Gasteiger partial charge in [0.2, 0.25) is 0 Å². The number of rotatable bonds is 0. The van der Waals surface area contributed by atoms with Crippen molar-refractivity contribution in [1.82, 2.24) is 9.97 Å². The lowest BCUT2D eigenvalue weighted by Crippen LogP contribution is -2.06. The molecule has 0 saturated heterocycles. The molecule has 0 spiro atoms. The first-order chi connectivity index (χ1) is 6.91. The number of hydrogen-bond acceptors (Lipinski definition) is 1. The van der Waals surface area contributed by atoms with Crippen molar-refractivity contribution in [2.75, 3.05) is 0 Å². The smallest absolute Gasteiger partial charge is 0.346 e. The van der Waals surface area contributed by atoms with E-state index in [0.717, 1.165) is 6.20 Å². The molecular formula is C9H6ClF3N2. The minimum atomic E-state index is -4.47. The number of halogens is 4. The topological polar surface area (TPSA) is 28.7 Å². The summed E-state index contributed by atoms with van der Waals surface area (Å²) in [7, 11) is 0. The minimum Gasteiger partial charge on any atom is -0.346 e. The monoisotopic (exact) mass is 234 g/mol. The summed E-state index contributed by atoms with van der Waals surface area (Å²) >= 11 is 5.69. The molecule has 0 atom stereocenters. The first kappa shape index (κ1) is 10.3. The quantitative estimate of drug-likeness (QED) is 0.742. The molecule has 2 aromatic heterocycles. The number of hydrogen-bond donors (Lipinski definition) is 1. The lowest BCUT2D eigenvalue weighted by Gasteiger charge is -2.08. The van der Waals surface area contributed by atoms with E-state index >= 15 is 0 Å². The molecule has 15 heavy (non-hydrogen) atoms. The van der Waals surface area contributed by atoms with Gasteiger partial charge in [-0.3, -0.25) is 0 Å². The maximum absolute atomic E-state index is 12.5. The average molecular weight is 235 g/mol. The van der Waals surface area contributed by atoms with Crippen LogP contribution in [0.4, 0.5) is 13.2 Å². The molecule has 0 aliphatic carbocycles. The summed E-state index contributed by atoms with van der Waals surface area (Å²) in [5, 5.41) is 0.0257. The third-order valence-corrected chi connectivity index (χ3v) is 2.53. The van der Waals surface area contributed by atoms with Gasteiger partial charge in [-0.15, -0.1) is 0 Å². The van der Waals surface area contributed by atoms with E-state index in [1.54, 1.807) is 13.1 Å². The SMILES string of the molecule is Cc1c[nH]c2ncc(C(F)(F)F)c(Cl)c12. The molecule has 80 valence electrons. The normalized spacial score (nSPS) is 12.3. The van der Waals surface area contributed by atoms with Crippen molar-refractivity contribution < 1.29 is 13.2 Å². The Morgan fingerprint density at radius 1 is 1.40 bits per heavy atom. The fourth-order valence-corrected chi connectivity index (χ4v) is 1.80. The van der Waals surface area contributed by atoms with Crippen LogP contribution in [0.2, 0.25) is 5.02 Å². The van der Waals surface area contributed by atoms with E-state index in [2.05, 4.69) is 9.97 Å². The molecule has 1 N–H and O–H groups in total. The average Bonchev–Trinajstić information content (AvgIpc) is 2.46. The third kappa shape index (κ3) is 1.56. The standard InChI is InChI=1S/C9H6ClF3N2/c1-4-2-14-8-6(4)7(10)5(3-15-8)9(11,12)13/h2-3H,1H3,(H,14,15). The van der Waals surface area contributed by atoms with Gasteiger partial charge in [0.15, 0.2) is 0 Å². The van der Waals surface area contributed by atoms with Crippen molar-refractivity contribution in [3.05, 3.63) is 28.5 Å². The number of fused-ring (bicyclic) bond motifs is 1. The Balaban J connectivity index is 2.80. The number of aryl methyl sites for hydroxylation is 1. The molecular weight excluding hydrogens is 229 g/mol. The molecule has 0 bridgehead atoms. The van der Waals surface area contributed by atoms with Crippen molar-refractivity contribution in [3.63, 3.8) is 0 Å². The van der Waals surface area contributed by atoms with Crippen LogP contribution in [0.25, 0.3) is 11.0 Å². The predicted molar refractivity (Wildman–Crippen MR) is 50.8 cm³/mol. The number of nitrogens with one attached hydrogen (secondary N) is 1. The Morgan fingerprint density at radius 2 is 2.07 bits per heavy atom. The van der Waals surface area contributed by atoms with E-state index < -0.39 is 11.7 Å². The second-order valence-electron chi connectivity index (χ2n) is 3.18. The van der Waals surface area contributed by atoms with Crippen molar-refractivity contribution in [2.45, 2.75) is 13.1 Å². The lowest BCUT2D eigenvalue weighted by atomic mass is 10.2. The molecule has 0 saturated carbocycles. The molecule has 0 aromatic carbocycles. The molecule has 2 heterocycles. The van der Waals surface area contributed by atoms with Crippen LogP contribution in [0.5, 0.6) is 0 Å². The summed E-state index contributed by atoms with van der Waals surface area (Å²) < 4.78 is 37.4. The Bertz CT molecular complexity index is 516. The number of alkyl halides is 3. The first-order valence-electron chi connectivity index (χ1n) is 4.10. The van der Waals surface area contributed by atoms with Gasteiger partial charge >= 0.3 is 6.18 Å². The third-order valence-electron chi connectivity index (χ3n) is 2.14. The highest BCUT2D eigenvalue weighted by Crippen LogP contribution is 2.38. The summed E-state index contributed by atoms with van der Waals surface area (Å²) in [6, 6.07) is 0. The molecule has 2 aromatic rings. The van der Waals surface area contributed by atoms with Gasteiger partial charge < -0.3 is 4.98 Å². The number of pyridine rings is 1. The number of aromatic amines is 1. The highest BCUT2D eigenvalue weighted by molar-refractivity contribution is 6.36. The summed E-state index contributed by atoms with van der Waals surface area (Å²) in [6.07, 6.45) is -2.16. The molecule has 2 nitrogen and oxygen atoms in total. The maximum atomic E-state index is 12.5.